The van der Waals surface area contributed by atoms with Gasteiger partial charge in [-0.05, 0) is 53.9 Å². The minimum absolute atomic E-state index is 0.117. The van der Waals surface area contributed by atoms with Crippen molar-refractivity contribution in [1.29, 1.82) is 5.26 Å². The zero-order valence-corrected chi connectivity index (χ0v) is 18.4. The molecule has 1 aromatic heterocycles. The molecule has 0 bridgehead atoms. The highest BCUT2D eigenvalue weighted by Crippen LogP contribution is 2.29. The SMILES string of the molecule is Cc1c(NC(=O)c2ccc(N3CCS(=O)(=O)CC3)nc2)cccc1-c1ccc(C#N)cc1. The van der Waals surface area contributed by atoms with Crippen LogP contribution in [0.15, 0.2) is 60.8 Å². The first-order valence-corrected chi connectivity index (χ1v) is 12.0. The lowest BCUT2D eigenvalue weighted by molar-refractivity contribution is 0.102. The first-order chi connectivity index (χ1) is 15.4. The third-order valence-electron chi connectivity index (χ3n) is 5.59. The number of aromatic nitrogens is 1. The van der Waals surface area contributed by atoms with Crippen LogP contribution in [0.2, 0.25) is 0 Å². The number of pyridine rings is 1. The van der Waals surface area contributed by atoms with Crippen LogP contribution in [0.4, 0.5) is 11.5 Å². The van der Waals surface area contributed by atoms with E-state index in [1.165, 1.54) is 6.20 Å². The van der Waals surface area contributed by atoms with Gasteiger partial charge in [0.2, 0.25) is 0 Å². The van der Waals surface area contributed by atoms with Gasteiger partial charge in [0, 0.05) is 25.0 Å². The number of rotatable bonds is 4. The Labute approximate surface area is 187 Å². The maximum Gasteiger partial charge on any atom is 0.257 e. The van der Waals surface area contributed by atoms with Gasteiger partial charge in [-0.3, -0.25) is 4.79 Å². The summed E-state index contributed by atoms with van der Waals surface area (Å²) in [5.74, 6) is 0.623. The Balaban J connectivity index is 1.49. The smallest absolute Gasteiger partial charge is 0.257 e. The van der Waals surface area contributed by atoms with Crippen molar-refractivity contribution in [2.75, 3.05) is 34.8 Å². The Morgan fingerprint density at radius 1 is 1.06 bits per heavy atom. The average molecular weight is 447 g/mol. The molecule has 1 fully saturated rings. The molecular weight excluding hydrogens is 424 g/mol. The fraction of sp³-hybridized carbons (Fsp3) is 0.208. The van der Waals surface area contributed by atoms with Crippen molar-refractivity contribution in [3.05, 3.63) is 77.5 Å². The molecule has 0 radical (unpaired) electrons. The van der Waals surface area contributed by atoms with Gasteiger partial charge in [-0.2, -0.15) is 5.26 Å². The molecule has 162 valence electrons. The van der Waals surface area contributed by atoms with E-state index in [9.17, 15) is 13.2 Å². The minimum Gasteiger partial charge on any atom is -0.355 e. The van der Waals surface area contributed by atoms with Crippen LogP contribution < -0.4 is 10.2 Å². The molecule has 4 rings (SSSR count). The number of amides is 1. The van der Waals surface area contributed by atoms with E-state index in [1.54, 1.807) is 24.3 Å². The Morgan fingerprint density at radius 3 is 2.41 bits per heavy atom. The summed E-state index contributed by atoms with van der Waals surface area (Å²) in [6.07, 6.45) is 1.51. The van der Waals surface area contributed by atoms with Crippen LogP contribution in [-0.4, -0.2) is 43.9 Å². The summed E-state index contributed by atoms with van der Waals surface area (Å²) in [7, 11) is -2.96. The number of carbonyl (C=O) groups is 1. The van der Waals surface area contributed by atoms with Crippen molar-refractivity contribution in [3.63, 3.8) is 0 Å². The predicted molar refractivity (Wildman–Crippen MR) is 124 cm³/mol. The van der Waals surface area contributed by atoms with Gasteiger partial charge in [-0.1, -0.05) is 24.3 Å². The van der Waals surface area contributed by atoms with Crippen molar-refractivity contribution in [1.82, 2.24) is 4.98 Å². The van der Waals surface area contributed by atoms with Gasteiger partial charge in [-0.15, -0.1) is 0 Å². The third-order valence-corrected chi connectivity index (χ3v) is 7.19. The number of anilines is 2. The molecule has 32 heavy (non-hydrogen) atoms. The number of nitriles is 1. The minimum atomic E-state index is -2.96. The summed E-state index contributed by atoms with van der Waals surface area (Å²) < 4.78 is 23.2. The number of nitrogens with zero attached hydrogens (tertiary/aromatic N) is 3. The fourth-order valence-corrected chi connectivity index (χ4v) is 4.85. The first-order valence-electron chi connectivity index (χ1n) is 10.2. The second-order valence-electron chi connectivity index (χ2n) is 7.67. The third kappa shape index (κ3) is 4.63. The molecule has 8 heteroatoms. The predicted octanol–water partition coefficient (Wildman–Crippen LogP) is 3.42. The van der Waals surface area contributed by atoms with Gasteiger partial charge in [0.05, 0.1) is 28.7 Å². The molecule has 1 saturated heterocycles. The molecule has 1 N–H and O–H groups in total. The summed E-state index contributed by atoms with van der Waals surface area (Å²) in [6, 6.07) is 18.6. The Bertz CT molecular complexity index is 1280. The zero-order valence-electron chi connectivity index (χ0n) is 17.6. The van der Waals surface area contributed by atoms with E-state index >= 15 is 0 Å². The molecule has 0 atom stereocenters. The molecular formula is C24H22N4O3S. The van der Waals surface area contributed by atoms with Gasteiger partial charge >= 0.3 is 0 Å². The van der Waals surface area contributed by atoms with E-state index in [1.807, 2.05) is 42.2 Å². The van der Waals surface area contributed by atoms with Crippen LogP contribution in [0, 0.1) is 18.3 Å². The molecule has 0 spiro atoms. The standard InChI is InChI=1S/C24H22N4O3S/c1-17-21(19-7-5-18(15-25)6-8-19)3-2-4-22(17)27-24(29)20-9-10-23(26-16-20)28-11-13-32(30,31)14-12-28/h2-10,16H,11-14H2,1H3,(H,27,29). The first kappa shape index (κ1) is 21.5. The van der Waals surface area contributed by atoms with Gasteiger partial charge in [0.1, 0.15) is 5.82 Å². The maximum atomic E-state index is 12.8. The largest absolute Gasteiger partial charge is 0.355 e. The van der Waals surface area contributed by atoms with Gasteiger partial charge in [0.15, 0.2) is 9.84 Å². The molecule has 3 aromatic rings. The molecule has 0 saturated carbocycles. The van der Waals surface area contributed by atoms with Crippen LogP contribution in [0.25, 0.3) is 11.1 Å². The number of nitrogens with one attached hydrogen (secondary N) is 1. The highest BCUT2D eigenvalue weighted by atomic mass is 32.2. The van der Waals surface area contributed by atoms with Crippen molar-refractivity contribution < 1.29 is 13.2 Å². The lowest BCUT2D eigenvalue weighted by atomic mass is 9.98. The lowest BCUT2D eigenvalue weighted by Gasteiger charge is -2.27. The summed E-state index contributed by atoms with van der Waals surface area (Å²) in [5.41, 5.74) is 4.57. The van der Waals surface area contributed by atoms with E-state index in [4.69, 9.17) is 5.26 Å². The molecule has 2 aromatic carbocycles. The van der Waals surface area contributed by atoms with Crippen LogP contribution in [0.3, 0.4) is 0 Å². The van der Waals surface area contributed by atoms with E-state index in [0.29, 0.717) is 35.7 Å². The summed E-state index contributed by atoms with van der Waals surface area (Å²) >= 11 is 0. The van der Waals surface area contributed by atoms with Gasteiger partial charge < -0.3 is 10.2 Å². The van der Waals surface area contributed by atoms with E-state index in [-0.39, 0.29) is 17.4 Å². The number of benzene rings is 2. The van der Waals surface area contributed by atoms with Crippen molar-refractivity contribution in [2.45, 2.75) is 6.92 Å². The highest BCUT2D eigenvalue weighted by Gasteiger charge is 2.22. The van der Waals surface area contributed by atoms with E-state index in [2.05, 4.69) is 16.4 Å². The summed E-state index contributed by atoms with van der Waals surface area (Å²) in [5, 5.41) is 11.9. The van der Waals surface area contributed by atoms with E-state index in [0.717, 1.165) is 16.7 Å². The molecule has 1 amide bonds. The molecule has 2 heterocycles. The van der Waals surface area contributed by atoms with Crippen molar-refractivity contribution >= 4 is 27.2 Å². The Morgan fingerprint density at radius 2 is 1.78 bits per heavy atom. The molecule has 7 nitrogen and oxygen atoms in total. The lowest BCUT2D eigenvalue weighted by Crippen LogP contribution is -2.40. The Kier molecular flexibility index (Phi) is 5.93. The van der Waals surface area contributed by atoms with Crippen LogP contribution in [0.1, 0.15) is 21.5 Å². The molecule has 1 aliphatic rings. The maximum absolute atomic E-state index is 12.8. The number of hydrogen-bond acceptors (Lipinski definition) is 6. The second kappa shape index (κ2) is 8.81. The van der Waals surface area contributed by atoms with Crippen LogP contribution >= 0.6 is 0 Å². The van der Waals surface area contributed by atoms with Crippen molar-refractivity contribution in [2.24, 2.45) is 0 Å². The molecule has 1 aliphatic heterocycles. The average Bonchev–Trinajstić information content (AvgIpc) is 2.81. The quantitative estimate of drug-likeness (QED) is 0.659. The molecule has 0 unspecified atom stereocenters. The second-order valence-corrected chi connectivity index (χ2v) is 9.97. The van der Waals surface area contributed by atoms with Crippen LogP contribution in [0.5, 0.6) is 0 Å². The summed E-state index contributed by atoms with van der Waals surface area (Å²) in [4.78, 5) is 19.1. The normalized spacial score (nSPS) is 15.1. The van der Waals surface area contributed by atoms with Crippen molar-refractivity contribution in [3.8, 4) is 17.2 Å². The topological polar surface area (TPSA) is 103 Å². The Hall–Kier alpha value is -3.70. The van der Waals surface area contributed by atoms with Gasteiger partial charge in [0.25, 0.3) is 5.91 Å². The number of carbonyl (C=O) groups excluding carboxylic acids is 1. The zero-order chi connectivity index (χ0) is 22.7. The van der Waals surface area contributed by atoms with Gasteiger partial charge in [-0.25, -0.2) is 13.4 Å². The summed E-state index contributed by atoms with van der Waals surface area (Å²) in [6.45, 7) is 2.75. The fourth-order valence-electron chi connectivity index (χ4n) is 3.65. The monoisotopic (exact) mass is 446 g/mol. The van der Waals surface area contributed by atoms with E-state index < -0.39 is 9.84 Å². The molecule has 0 aliphatic carbocycles. The highest BCUT2D eigenvalue weighted by molar-refractivity contribution is 7.91. The number of hydrogen-bond donors (Lipinski definition) is 1. The van der Waals surface area contributed by atoms with Crippen LogP contribution in [-0.2, 0) is 9.84 Å². The number of sulfone groups is 1.